The number of halogens is 2. The molecule has 0 aliphatic rings. The predicted molar refractivity (Wildman–Crippen MR) is 67.8 cm³/mol. The molecule has 1 amide bonds. The van der Waals surface area contributed by atoms with E-state index in [2.05, 4.69) is 10.3 Å². The molecule has 5 nitrogen and oxygen atoms in total. The van der Waals surface area contributed by atoms with Crippen molar-refractivity contribution in [2.45, 2.75) is 0 Å². The molecule has 17 heavy (non-hydrogen) atoms. The van der Waals surface area contributed by atoms with Gasteiger partial charge in [-0.05, 0) is 6.07 Å². The lowest BCUT2D eigenvalue weighted by Gasteiger charge is -2.05. The summed E-state index contributed by atoms with van der Waals surface area (Å²) in [7, 11) is 0. The maximum Gasteiger partial charge on any atom is 0.313 e. The van der Waals surface area contributed by atoms with Crippen LogP contribution < -0.4 is 5.32 Å². The highest BCUT2D eigenvalue weighted by Gasteiger charge is 2.08. The van der Waals surface area contributed by atoms with Gasteiger partial charge in [0.1, 0.15) is 0 Å². The number of nitrogens with one attached hydrogen (secondary N) is 1. The third-order valence-corrected chi connectivity index (χ3v) is 2.94. The maximum absolute atomic E-state index is 11.4. The van der Waals surface area contributed by atoms with Crippen LogP contribution in [0.4, 0.5) is 5.82 Å². The number of carboxylic acid groups (broad SMARTS) is 1. The van der Waals surface area contributed by atoms with E-state index in [1.54, 1.807) is 0 Å². The molecule has 0 fully saturated rings. The van der Waals surface area contributed by atoms with Crippen LogP contribution in [0.1, 0.15) is 0 Å². The summed E-state index contributed by atoms with van der Waals surface area (Å²) in [5, 5.41) is 11.4. The minimum Gasteiger partial charge on any atom is -0.481 e. The van der Waals surface area contributed by atoms with E-state index in [1.807, 2.05) is 0 Å². The molecule has 0 radical (unpaired) electrons. The molecule has 1 aromatic rings. The number of aromatic nitrogens is 1. The highest BCUT2D eigenvalue weighted by atomic mass is 35.5. The number of hydrogen-bond acceptors (Lipinski definition) is 4. The van der Waals surface area contributed by atoms with Crippen LogP contribution in [0.15, 0.2) is 12.3 Å². The van der Waals surface area contributed by atoms with E-state index in [-0.39, 0.29) is 28.3 Å². The van der Waals surface area contributed by atoms with Crippen molar-refractivity contribution in [3.63, 3.8) is 0 Å². The minimum atomic E-state index is -0.967. The van der Waals surface area contributed by atoms with Gasteiger partial charge in [0.2, 0.25) is 5.91 Å². The number of amides is 1. The molecule has 8 heteroatoms. The molecule has 0 saturated carbocycles. The summed E-state index contributed by atoms with van der Waals surface area (Å²) in [4.78, 5) is 25.4. The summed E-state index contributed by atoms with van der Waals surface area (Å²) in [6, 6.07) is 1.45. The first-order valence-electron chi connectivity index (χ1n) is 4.39. The fraction of sp³-hybridized carbons (Fsp3) is 0.222. The van der Waals surface area contributed by atoms with E-state index in [9.17, 15) is 9.59 Å². The molecule has 0 bridgehead atoms. The monoisotopic (exact) mass is 294 g/mol. The Hall–Kier alpha value is -0.980. The van der Waals surface area contributed by atoms with Crippen LogP contribution in [-0.4, -0.2) is 33.5 Å². The molecule has 0 aromatic carbocycles. The Labute approximate surface area is 112 Å². The van der Waals surface area contributed by atoms with Crippen LogP contribution in [0.25, 0.3) is 0 Å². The second-order valence-corrected chi connectivity index (χ2v) is 4.75. The van der Waals surface area contributed by atoms with E-state index in [0.717, 1.165) is 11.8 Å². The second kappa shape index (κ2) is 6.68. The Morgan fingerprint density at radius 1 is 1.41 bits per heavy atom. The molecule has 1 aromatic heterocycles. The number of nitrogens with zero attached hydrogens (tertiary/aromatic N) is 1. The van der Waals surface area contributed by atoms with Gasteiger partial charge in [-0.1, -0.05) is 23.2 Å². The largest absolute Gasteiger partial charge is 0.481 e. The lowest BCUT2D eigenvalue weighted by atomic mass is 10.4. The number of carbonyl (C=O) groups excluding carboxylic acids is 1. The van der Waals surface area contributed by atoms with Crippen LogP contribution in [-0.2, 0) is 9.59 Å². The zero-order valence-corrected chi connectivity index (χ0v) is 10.8. The van der Waals surface area contributed by atoms with Gasteiger partial charge < -0.3 is 10.4 Å². The number of pyridine rings is 1. The first-order chi connectivity index (χ1) is 7.99. The van der Waals surface area contributed by atoms with Gasteiger partial charge in [-0.2, -0.15) is 0 Å². The number of rotatable bonds is 5. The van der Waals surface area contributed by atoms with Crippen molar-refractivity contribution < 1.29 is 14.7 Å². The Morgan fingerprint density at radius 3 is 2.71 bits per heavy atom. The summed E-state index contributed by atoms with van der Waals surface area (Å²) >= 11 is 12.4. The number of carboxylic acids is 1. The van der Waals surface area contributed by atoms with Crippen molar-refractivity contribution in [1.82, 2.24) is 4.98 Å². The summed E-state index contributed by atoms with van der Waals surface area (Å²) in [6.45, 7) is 0. The fourth-order valence-corrected chi connectivity index (χ4v) is 1.87. The number of hydrogen-bond donors (Lipinski definition) is 2. The lowest BCUT2D eigenvalue weighted by molar-refractivity contribution is -0.133. The summed E-state index contributed by atoms with van der Waals surface area (Å²) in [5.41, 5.74) is 0. The summed E-state index contributed by atoms with van der Waals surface area (Å²) < 4.78 is 0. The van der Waals surface area contributed by atoms with E-state index in [4.69, 9.17) is 28.3 Å². The highest BCUT2D eigenvalue weighted by Crippen LogP contribution is 2.22. The molecule has 0 saturated heterocycles. The van der Waals surface area contributed by atoms with Crippen LogP contribution in [0.2, 0.25) is 10.0 Å². The van der Waals surface area contributed by atoms with E-state index in [1.165, 1.54) is 12.3 Å². The van der Waals surface area contributed by atoms with Gasteiger partial charge in [0, 0.05) is 6.20 Å². The normalized spacial score (nSPS) is 10.0. The number of anilines is 1. The molecule has 0 aliphatic heterocycles. The van der Waals surface area contributed by atoms with Gasteiger partial charge in [0.25, 0.3) is 0 Å². The molecule has 1 heterocycles. The van der Waals surface area contributed by atoms with Gasteiger partial charge in [-0.3, -0.25) is 9.59 Å². The lowest BCUT2D eigenvalue weighted by Crippen LogP contribution is -2.16. The Bertz CT molecular complexity index is 442. The quantitative estimate of drug-likeness (QED) is 0.870. The standard InChI is InChI=1S/C9H8Cl2N2O3S/c10-5-1-6(11)9(12-2-5)13-7(14)3-17-4-8(15)16/h1-2H,3-4H2,(H,15,16)(H,12,13,14). The highest BCUT2D eigenvalue weighted by molar-refractivity contribution is 8.00. The minimum absolute atomic E-state index is 0.0208. The van der Waals surface area contributed by atoms with E-state index < -0.39 is 5.97 Å². The van der Waals surface area contributed by atoms with Crippen LogP contribution in [0.3, 0.4) is 0 Å². The SMILES string of the molecule is O=C(O)CSCC(=O)Nc1ncc(Cl)cc1Cl. The molecule has 2 N–H and O–H groups in total. The molecule has 1 rings (SSSR count). The van der Waals surface area contributed by atoms with Crippen LogP contribution in [0, 0.1) is 0 Å². The Kier molecular flexibility index (Phi) is 5.54. The number of thioether (sulfide) groups is 1. The number of carbonyl (C=O) groups is 2. The molecule has 0 spiro atoms. The van der Waals surface area contributed by atoms with Crippen LogP contribution in [0.5, 0.6) is 0 Å². The zero-order valence-electron chi connectivity index (χ0n) is 8.44. The van der Waals surface area contributed by atoms with Gasteiger partial charge >= 0.3 is 5.97 Å². The first kappa shape index (κ1) is 14.1. The van der Waals surface area contributed by atoms with Crippen LogP contribution >= 0.6 is 35.0 Å². The van der Waals surface area contributed by atoms with Crippen molar-refractivity contribution in [3.8, 4) is 0 Å². The molecule has 0 aliphatic carbocycles. The predicted octanol–water partition coefficient (Wildman–Crippen LogP) is 2.14. The smallest absolute Gasteiger partial charge is 0.313 e. The van der Waals surface area contributed by atoms with Gasteiger partial charge in [-0.25, -0.2) is 4.98 Å². The molecule has 0 unspecified atom stereocenters. The fourth-order valence-electron chi connectivity index (χ4n) is 0.906. The van der Waals surface area contributed by atoms with Crippen molar-refractivity contribution in [2.75, 3.05) is 16.8 Å². The average molecular weight is 295 g/mol. The average Bonchev–Trinajstić information content (AvgIpc) is 2.21. The van der Waals surface area contributed by atoms with Gasteiger partial charge in [0.15, 0.2) is 5.82 Å². The molecule has 0 atom stereocenters. The van der Waals surface area contributed by atoms with Crippen molar-refractivity contribution in [2.24, 2.45) is 0 Å². The summed E-state index contributed by atoms with van der Waals surface area (Å²) in [6.07, 6.45) is 1.35. The molecule has 92 valence electrons. The van der Waals surface area contributed by atoms with E-state index >= 15 is 0 Å². The third-order valence-electron chi connectivity index (χ3n) is 1.52. The van der Waals surface area contributed by atoms with Gasteiger partial charge in [0.05, 0.1) is 21.6 Å². The van der Waals surface area contributed by atoms with Crippen molar-refractivity contribution >= 4 is 52.7 Å². The third kappa shape index (κ3) is 5.25. The Balaban J connectivity index is 2.48. The van der Waals surface area contributed by atoms with Crippen molar-refractivity contribution in [1.29, 1.82) is 0 Å². The first-order valence-corrected chi connectivity index (χ1v) is 6.30. The summed E-state index contributed by atoms with van der Waals surface area (Å²) in [5.74, 6) is -1.24. The molecular weight excluding hydrogens is 287 g/mol. The maximum atomic E-state index is 11.4. The molecular formula is C9H8Cl2N2O3S. The van der Waals surface area contributed by atoms with Gasteiger partial charge in [-0.15, -0.1) is 11.8 Å². The topological polar surface area (TPSA) is 79.3 Å². The van der Waals surface area contributed by atoms with E-state index in [0.29, 0.717) is 5.02 Å². The Morgan fingerprint density at radius 2 is 2.12 bits per heavy atom. The number of aliphatic carboxylic acids is 1. The van der Waals surface area contributed by atoms with Crippen molar-refractivity contribution in [3.05, 3.63) is 22.3 Å². The second-order valence-electron chi connectivity index (χ2n) is 2.92. The zero-order chi connectivity index (χ0) is 12.8.